The van der Waals surface area contributed by atoms with Crippen molar-refractivity contribution in [3.63, 3.8) is 0 Å². The lowest BCUT2D eigenvalue weighted by molar-refractivity contribution is 0.141. The minimum absolute atomic E-state index is 0.403. The quantitative estimate of drug-likeness (QED) is 0.730. The fraction of sp³-hybridized carbons (Fsp3) is 0.600. The van der Waals surface area contributed by atoms with Crippen molar-refractivity contribution in [3.05, 3.63) is 17.3 Å². The van der Waals surface area contributed by atoms with Gasteiger partial charge in [-0.05, 0) is 18.6 Å². The molecule has 1 rings (SSSR count). The zero-order valence-corrected chi connectivity index (χ0v) is 9.63. The van der Waals surface area contributed by atoms with Crippen LogP contribution in [0.5, 0.6) is 0 Å². The van der Waals surface area contributed by atoms with Gasteiger partial charge in [-0.1, -0.05) is 24.9 Å². The Balaban J connectivity index is 2.07. The van der Waals surface area contributed by atoms with E-state index in [1.807, 2.05) is 0 Å². The van der Waals surface area contributed by atoms with Gasteiger partial charge in [0.15, 0.2) is 5.15 Å². The second-order valence-electron chi connectivity index (χ2n) is 3.13. The molecule has 0 aromatic carbocycles. The van der Waals surface area contributed by atoms with Gasteiger partial charge in [-0.25, -0.2) is 0 Å². The van der Waals surface area contributed by atoms with Gasteiger partial charge < -0.3 is 10.1 Å². The van der Waals surface area contributed by atoms with E-state index in [2.05, 4.69) is 22.4 Å². The minimum Gasteiger partial charge on any atom is -0.380 e. The molecular weight excluding hydrogens is 214 g/mol. The lowest BCUT2D eigenvalue weighted by Gasteiger charge is -2.05. The molecule has 0 radical (unpaired) electrons. The van der Waals surface area contributed by atoms with Crippen LogP contribution in [0.25, 0.3) is 0 Å². The van der Waals surface area contributed by atoms with Crippen LogP contribution < -0.4 is 5.32 Å². The molecule has 0 amide bonds. The number of halogens is 1. The fourth-order valence-electron chi connectivity index (χ4n) is 1.01. The molecular formula is C10H16ClN3O. The van der Waals surface area contributed by atoms with Gasteiger partial charge in [-0.15, -0.1) is 10.2 Å². The Morgan fingerprint density at radius 2 is 2.20 bits per heavy atom. The summed E-state index contributed by atoms with van der Waals surface area (Å²) in [6.45, 7) is 4.39. The highest BCUT2D eigenvalue weighted by Gasteiger charge is 1.94. The van der Waals surface area contributed by atoms with Crippen molar-refractivity contribution in [1.82, 2.24) is 10.2 Å². The van der Waals surface area contributed by atoms with E-state index >= 15 is 0 Å². The van der Waals surface area contributed by atoms with Crippen molar-refractivity contribution >= 4 is 17.4 Å². The van der Waals surface area contributed by atoms with Crippen molar-refractivity contribution in [2.75, 3.05) is 25.1 Å². The van der Waals surface area contributed by atoms with Gasteiger partial charge in [0.05, 0.1) is 6.61 Å². The molecule has 0 bridgehead atoms. The van der Waals surface area contributed by atoms with E-state index in [4.69, 9.17) is 16.3 Å². The topological polar surface area (TPSA) is 47.0 Å². The molecule has 84 valence electrons. The Kier molecular flexibility index (Phi) is 6.04. The summed E-state index contributed by atoms with van der Waals surface area (Å²) in [6, 6.07) is 3.50. The van der Waals surface area contributed by atoms with Gasteiger partial charge >= 0.3 is 0 Å². The molecule has 0 fully saturated rings. The molecule has 1 aromatic heterocycles. The molecule has 0 aliphatic rings. The molecule has 0 atom stereocenters. The van der Waals surface area contributed by atoms with Crippen molar-refractivity contribution in [1.29, 1.82) is 0 Å². The Morgan fingerprint density at radius 3 is 2.87 bits per heavy atom. The van der Waals surface area contributed by atoms with Crippen molar-refractivity contribution in [2.45, 2.75) is 19.8 Å². The average molecular weight is 230 g/mol. The van der Waals surface area contributed by atoms with Gasteiger partial charge in [0.25, 0.3) is 0 Å². The first-order chi connectivity index (χ1) is 7.33. The molecule has 0 saturated carbocycles. The van der Waals surface area contributed by atoms with Crippen LogP contribution in [0.15, 0.2) is 12.1 Å². The predicted molar refractivity (Wildman–Crippen MR) is 61.3 cm³/mol. The van der Waals surface area contributed by atoms with E-state index < -0.39 is 0 Å². The van der Waals surface area contributed by atoms with Crippen molar-refractivity contribution in [3.8, 4) is 0 Å². The summed E-state index contributed by atoms with van der Waals surface area (Å²) < 4.78 is 5.38. The number of rotatable bonds is 7. The third-order valence-electron chi connectivity index (χ3n) is 1.83. The lowest BCUT2D eigenvalue weighted by atomic mass is 10.4. The maximum absolute atomic E-state index is 5.60. The highest BCUT2D eigenvalue weighted by molar-refractivity contribution is 6.29. The van der Waals surface area contributed by atoms with Gasteiger partial charge in [-0.3, -0.25) is 0 Å². The number of nitrogens with one attached hydrogen (secondary N) is 1. The summed E-state index contributed by atoms with van der Waals surface area (Å²) in [6.07, 6.45) is 2.27. The normalized spacial score (nSPS) is 10.3. The van der Waals surface area contributed by atoms with E-state index in [0.29, 0.717) is 11.8 Å². The molecule has 4 nitrogen and oxygen atoms in total. The fourth-order valence-corrected chi connectivity index (χ4v) is 1.11. The predicted octanol–water partition coefficient (Wildman–Crippen LogP) is 2.36. The first-order valence-electron chi connectivity index (χ1n) is 5.13. The van der Waals surface area contributed by atoms with Crippen LogP contribution in [0.4, 0.5) is 5.82 Å². The zero-order valence-electron chi connectivity index (χ0n) is 8.87. The summed E-state index contributed by atoms with van der Waals surface area (Å²) in [5.74, 6) is 0.721. The Morgan fingerprint density at radius 1 is 1.33 bits per heavy atom. The van der Waals surface area contributed by atoms with Crippen LogP contribution in [0.1, 0.15) is 19.8 Å². The van der Waals surface area contributed by atoms with Crippen LogP contribution in [-0.4, -0.2) is 30.0 Å². The summed E-state index contributed by atoms with van der Waals surface area (Å²) in [4.78, 5) is 0. The smallest absolute Gasteiger partial charge is 0.151 e. The number of hydrogen-bond acceptors (Lipinski definition) is 4. The number of aromatic nitrogens is 2. The highest BCUT2D eigenvalue weighted by Crippen LogP contribution is 2.05. The Hall–Kier alpha value is -0.870. The Labute approximate surface area is 95.0 Å². The molecule has 1 N–H and O–H groups in total. The van der Waals surface area contributed by atoms with E-state index in [9.17, 15) is 0 Å². The Bertz CT molecular complexity index is 266. The second kappa shape index (κ2) is 7.43. The lowest BCUT2D eigenvalue weighted by Crippen LogP contribution is -2.11. The van der Waals surface area contributed by atoms with Gasteiger partial charge in [-0.2, -0.15) is 0 Å². The van der Waals surface area contributed by atoms with Crippen LogP contribution in [0.3, 0.4) is 0 Å². The second-order valence-corrected chi connectivity index (χ2v) is 3.52. The number of anilines is 1. The van der Waals surface area contributed by atoms with Crippen LogP contribution in [-0.2, 0) is 4.74 Å². The summed E-state index contributed by atoms with van der Waals surface area (Å²) in [5, 5.41) is 11.1. The van der Waals surface area contributed by atoms with E-state index in [1.165, 1.54) is 0 Å². The van der Waals surface area contributed by atoms with Crippen LogP contribution in [0.2, 0.25) is 5.15 Å². The van der Waals surface area contributed by atoms with Crippen molar-refractivity contribution in [2.24, 2.45) is 0 Å². The molecule has 0 aliphatic heterocycles. The number of unbranched alkanes of at least 4 members (excludes halogenated alkanes) is 1. The minimum atomic E-state index is 0.403. The molecule has 1 heterocycles. The van der Waals surface area contributed by atoms with Gasteiger partial charge in [0, 0.05) is 13.2 Å². The molecule has 0 saturated heterocycles. The van der Waals surface area contributed by atoms with Crippen LogP contribution in [0, 0.1) is 0 Å². The molecule has 0 spiro atoms. The van der Waals surface area contributed by atoms with Gasteiger partial charge in [0.2, 0.25) is 0 Å². The first kappa shape index (κ1) is 12.2. The summed E-state index contributed by atoms with van der Waals surface area (Å²) in [7, 11) is 0. The third-order valence-corrected chi connectivity index (χ3v) is 2.03. The summed E-state index contributed by atoms with van der Waals surface area (Å²) >= 11 is 5.60. The SMILES string of the molecule is CCCCOCCNc1ccc(Cl)nn1. The molecule has 15 heavy (non-hydrogen) atoms. The van der Waals surface area contributed by atoms with Crippen LogP contribution >= 0.6 is 11.6 Å². The molecule has 0 unspecified atom stereocenters. The largest absolute Gasteiger partial charge is 0.380 e. The summed E-state index contributed by atoms with van der Waals surface area (Å²) in [5.41, 5.74) is 0. The average Bonchev–Trinajstić information content (AvgIpc) is 2.26. The molecule has 5 heteroatoms. The maximum atomic E-state index is 5.60. The number of ether oxygens (including phenoxy) is 1. The maximum Gasteiger partial charge on any atom is 0.151 e. The van der Waals surface area contributed by atoms with E-state index in [1.54, 1.807) is 12.1 Å². The monoisotopic (exact) mass is 229 g/mol. The first-order valence-corrected chi connectivity index (χ1v) is 5.51. The highest BCUT2D eigenvalue weighted by atomic mass is 35.5. The number of hydrogen-bond donors (Lipinski definition) is 1. The standard InChI is InChI=1S/C10H16ClN3O/c1-2-3-7-15-8-6-12-10-5-4-9(11)13-14-10/h4-5H,2-3,6-8H2,1H3,(H,12,14). The van der Waals surface area contributed by atoms with E-state index in [0.717, 1.165) is 31.8 Å². The zero-order chi connectivity index (χ0) is 10.9. The van der Waals surface area contributed by atoms with Crippen molar-refractivity contribution < 1.29 is 4.74 Å². The van der Waals surface area contributed by atoms with Gasteiger partial charge in [0.1, 0.15) is 5.82 Å². The number of nitrogens with zero attached hydrogens (tertiary/aromatic N) is 2. The molecule has 1 aromatic rings. The molecule has 0 aliphatic carbocycles. The third kappa shape index (κ3) is 5.54. The van der Waals surface area contributed by atoms with E-state index in [-0.39, 0.29) is 0 Å².